The molecule has 0 aromatic carbocycles. The van der Waals surface area contributed by atoms with Gasteiger partial charge < -0.3 is 5.32 Å². The topological polar surface area (TPSA) is 76.9 Å². The molecule has 2 unspecified atom stereocenters. The van der Waals surface area contributed by atoms with E-state index >= 15 is 0 Å². The first kappa shape index (κ1) is 15.4. The third-order valence-electron chi connectivity index (χ3n) is 4.02. The van der Waals surface area contributed by atoms with Crippen molar-refractivity contribution in [2.45, 2.75) is 26.2 Å². The molecule has 6 nitrogen and oxygen atoms in total. The minimum Gasteiger partial charge on any atom is -0.316 e. The smallest absolute Gasteiger partial charge is 0.150 e. The lowest BCUT2D eigenvalue weighted by Gasteiger charge is -2.22. The third-order valence-corrected chi connectivity index (χ3v) is 5.81. The van der Waals surface area contributed by atoms with Gasteiger partial charge >= 0.3 is 0 Å². The predicted molar refractivity (Wildman–Crippen MR) is 78.1 cm³/mol. The SMILES string of the molecule is CCCNCC(Cc1ncnn1C)C1CCS(=O)(=O)C1. The highest BCUT2D eigenvalue weighted by molar-refractivity contribution is 7.91. The number of nitrogens with one attached hydrogen (secondary N) is 1. The zero-order chi connectivity index (χ0) is 14.6. The summed E-state index contributed by atoms with van der Waals surface area (Å²) in [6, 6.07) is 0. The van der Waals surface area contributed by atoms with E-state index < -0.39 is 9.84 Å². The van der Waals surface area contributed by atoms with Gasteiger partial charge in [0.25, 0.3) is 0 Å². The molecule has 0 amide bonds. The van der Waals surface area contributed by atoms with E-state index in [0.29, 0.717) is 17.4 Å². The van der Waals surface area contributed by atoms with Gasteiger partial charge in [0.2, 0.25) is 0 Å². The van der Waals surface area contributed by atoms with Crippen LogP contribution in [0.15, 0.2) is 6.33 Å². The van der Waals surface area contributed by atoms with E-state index in [1.165, 1.54) is 0 Å². The maximum atomic E-state index is 11.7. The average Bonchev–Trinajstić information content (AvgIpc) is 2.95. The van der Waals surface area contributed by atoms with Crippen molar-refractivity contribution in [1.82, 2.24) is 20.1 Å². The Balaban J connectivity index is 2.02. The molecule has 2 heterocycles. The Morgan fingerprint density at radius 3 is 2.90 bits per heavy atom. The van der Waals surface area contributed by atoms with Crippen molar-refractivity contribution in [3.05, 3.63) is 12.2 Å². The summed E-state index contributed by atoms with van der Waals surface area (Å²) in [5, 5.41) is 7.51. The fourth-order valence-electron chi connectivity index (χ4n) is 2.80. The second kappa shape index (κ2) is 6.67. The average molecular weight is 300 g/mol. The van der Waals surface area contributed by atoms with Crippen LogP contribution in [-0.2, 0) is 23.3 Å². The van der Waals surface area contributed by atoms with Gasteiger partial charge in [-0.15, -0.1) is 0 Å². The standard InChI is InChI=1S/C13H24N4O2S/c1-3-5-14-8-12(7-13-15-10-16-17(13)2)11-4-6-20(18,19)9-11/h10-12,14H,3-9H2,1-2H3. The second-order valence-corrected chi connectivity index (χ2v) is 7.86. The summed E-state index contributed by atoms with van der Waals surface area (Å²) >= 11 is 0. The number of hydrogen-bond donors (Lipinski definition) is 1. The van der Waals surface area contributed by atoms with Crippen molar-refractivity contribution in [3.8, 4) is 0 Å². The molecule has 114 valence electrons. The summed E-state index contributed by atoms with van der Waals surface area (Å²) in [5.41, 5.74) is 0. The van der Waals surface area contributed by atoms with Crippen molar-refractivity contribution in [2.24, 2.45) is 18.9 Å². The Hall–Kier alpha value is -0.950. The molecule has 1 fully saturated rings. The van der Waals surface area contributed by atoms with Gasteiger partial charge in [-0.05, 0) is 37.8 Å². The summed E-state index contributed by atoms with van der Waals surface area (Å²) in [7, 11) is -0.952. The lowest BCUT2D eigenvalue weighted by Crippen LogP contribution is -2.31. The molecule has 0 aliphatic carbocycles. The van der Waals surface area contributed by atoms with Gasteiger partial charge in [0.05, 0.1) is 11.5 Å². The highest BCUT2D eigenvalue weighted by Gasteiger charge is 2.34. The summed E-state index contributed by atoms with van der Waals surface area (Å²) in [4.78, 5) is 4.27. The van der Waals surface area contributed by atoms with Gasteiger partial charge in [-0.25, -0.2) is 13.4 Å². The zero-order valence-electron chi connectivity index (χ0n) is 12.2. The predicted octanol–water partition coefficient (Wildman–Crippen LogP) is 0.408. The van der Waals surface area contributed by atoms with E-state index in [1.54, 1.807) is 11.0 Å². The number of aryl methyl sites for hydroxylation is 1. The molecule has 0 saturated carbocycles. The summed E-state index contributed by atoms with van der Waals surface area (Å²) in [6.07, 6.45) is 4.20. The van der Waals surface area contributed by atoms with E-state index in [-0.39, 0.29) is 5.92 Å². The van der Waals surface area contributed by atoms with Crippen LogP contribution in [-0.4, -0.2) is 47.8 Å². The molecule has 1 N–H and O–H groups in total. The quantitative estimate of drug-likeness (QED) is 0.738. The van der Waals surface area contributed by atoms with E-state index in [4.69, 9.17) is 0 Å². The van der Waals surface area contributed by atoms with E-state index in [9.17, 15) is 8.42 Å². The van der Waals surface area contributed by atoms with Crippen molar-refractivity contribution in [2.75, 3.05) is 24.6 Å². The molecule has 2 atom stereocenters. The van der Waals surface area contributed by atoms with Gasteiger partial charge in [0, 0.05) is 13.5 Å². The van der Waals surface area contributed by atoms with Crippen LogP contribution in [0.5, 0.6) is 0 Å². The normalized spacial score (nSPS) is 23.0. The maximum Gasteiger partial charge on any atom is 0.150 e. The molecule has 0 bridgehead atoms. The van der Waals surface area contributed by atoms with Crippen LogP contribution in [0.25, 0.3) is 0 Å². The Bertz CT molecular complexity index is 526. The molecular weight excluding hydrogens is 276 g/mol. The molecule has 1 saturated heterocycles. The molecule has 2 rings (SSSR count). The van der Waals surface area contributed by atoms with Crippen LogP contribution < -0.4 is 5.32 Å². The van der Waals surface area contributed by atoms with Crippen molar-refractivity contribution in [1.29, 1.82) is 0 Å². The van der Waals surface area contributed by atoms with Crippen LogP contribution in [0.3, 0.4) is 0 Å². The summed E-state index contributed by atoms with van der Waals surface area (Å²) < 4.78 is 25.2. The lowest BCUT2D eigenvalue weighted by atomic mass is 9.88. The van der Waals surface area contributed by atoms with Crippen LogP contribution in [0.2, 0.25) is 0 Å². The minimum absolute atomic E-state index is 0.237. The number of nitrogens with zero attached hydrogens (tertiary/aromatic N) is 3. The highest BCUT2D eigenvalue weighted by atomic mass is 32.2. The molecule has 1 aliphatic heterocycles. The van der Waals surface area contributed by atoms with Crippen LogP contribution in [0, 0.1) is 11.8 Å². The van der Waals surface area contributed by atoms with Gasteiger partial charge in [0.1, 0.15) is 12.2 Å². The molecule has 1 aromatic heterocycles. The van der Waals surface area contributed by atoms with Crippen molar-refractivity contribution >= 4 is 9.84 Å². The van der Waals surface area contributed by atoms with Crippen LogP contribution >= 0.6 is 0 Å². The number of sulfone groups is 1. The first-order chi connectivity index (χ1) is 9.52. The fraction of sp³-hybridized carbons (Fsp3) is 0.846. The van der Waals surface area contributed by atoms with Crippen molar-refractivity contribution < 1.29 is 8.42 Å². The van der Waals surface area contributed by atoms with E-state index in [1.807, 2.05) is 7.05 Å². The molecule has 0 radical (unpaired) electrons. The molecule has 1 aliphatic rings. The van der Waals surface area contributed by atoms with Gasteiger partial charge in [-0.2, -0.15) is 5.10 Å². The number of aromatic nitrogens is 3. The molecule has 7 heteroatoms. The number of rotatable bonds is 7. The first-order valence-electron chi connectivity index (χ1n) is 7.26. The molecule has 1 aromatic rings. The zero-order valence-corrected chi connectivity index (χ0v) is 13.1. The van der Waals surface area contributed by atoms with E-state index in [0.717, 1.165) is 38.2 Å². The molecule has 0 spiro atoms. The largest absolute Gasteiger partial charge is 0.316 e. The summed E-state index contributed by atoms with van der Waals surface area (Å²) in [5.74, 6) is 2.13. The Labute approximate surface area is 120 Å². The third kappa shape index (κ3) is 4.02. The van der Waals surface area contributed by atoms with Crippen LogP contribution in [0.1, 0.15) is 25.6 Å². The number of hydrogen-bond acceptors (Lipinski definition) is 5. The first-order valence-corrected chi connectivity index (χ1v) is 9.08. The lowest BCUT2D eigenvalue weighted by molar-refractivity contribution is 0.335. The van der Waals surface area contributed by atoms with Gasteiger partial charge in [-0.1, -0.05) is 6.92 Å². The van der Waals surface area contributed by atoms with Gasteiger partial charge in [-0.3, -0.25) is 4.68 Å². The monoisotopic (exact) mass is 300 g/mol. The van der Waals surface area contributed by atoms with Crippen LogP contribution in [0.4, 0.5) is 0 Å². The maximum absolute atomic E-state index is 11.7. The minimum atomic E-state index is -2.83. The van der Waals surface area contributed by atoms with E-state index in [2.05, 4.69) is 22.3 Å². The molecular formula is C13H24N4O2S. The second-order valence-electron chi connectivity index (χ2n) is 5.63. The van der Waals surface area contributed by atoms with Crippen molar-refractivity contribution in [3.63, 3.8) is 0 Å². The highest BCUT2D eigenvalue weighted by Crippen LogP contribution is 2.27. The molecule has 20 heavy (non-hydrogen) atoms. The van der Waals surface area contributed by atoms with Gasteiger partial charge in [0.15, 0.2) is 9.84 Å². The Morgan fingerprint density at radius 1 is 1.55 bits per heavy atom. The fourth-order valence-corrected chi connectivity index (χ4v) is 4.72. The Kier molecular flexibility index (Phi) is 5.15. The Morgan fingerprint density at radius 2 is 2.35 bits per heavy atom. The summed E-state index contributed by atoms with van der Waals surface area (Å²) in [6.45, 7) is 3.94.